The van der Waals surface area contributed by atoms with Crippen LogP contribution < -0.4 is 5.32 Å². The topological polar surface area (TPSA) is 95.9 Å². The van der Waals surface area contributed by atoms with Crippen LogP contribution in [0.2, 0.25) is 0 Å². The van der Waals surface area contributed by atoms with E-state index in [1.54, 1.807) is 23.6 Å². The molecule has 3 rings (SSSR count). The fourth-order valence-electron chi connectivity index (χ4n) is 5.68. The van der Waals surface area contributed by atoms with Crippen LogP contribution >= 0.6 is 27.7 Å². The van der Waals surface area contributed by atoms with Crippen LogP contribution in [0.5, 0.6) is 0 Å². The zero-order chi connectivity index (χ0) is 23.1. The molecule has 0 aromatic rings. The van der Waals surface area contributed by atoms with Crippen LogP contribution in [0.4, 0.5) is 0 Å². The van der Waals surface area contributed by atoms with Crippen molar-refractivity contribution in [2.24, 2.45) is 17.8 Å². The molecule has 1 spiro atoms. The van der Waals surface area contributed by atoms with Crippen molar-refractivity contribution in [3.63, 3.8) is 0 Å². The molecule has 0 radical (unpaired) electrons. The number of aliphatic hydroxyl groups is 1. The van der Waals surface area contributed by atoms with Gasteiger partial charge in [0.1, 0.15) is 6.04 Å². The number of carbonyl (C=O) groups is 3. The third-order valence-corrected chi connectivity index (χ3v) is 10.2. The molecule has 31 heavy (non-hydrogen) atoms. The van der Waals surface area contributed by atoms with E-state index in [2.05, 4.69) is 28.2 Å². The zero-order valence-corrected chi connectivity index (χ0v) is 21.4. The van der Waals surface area contributed by atoms with Crippen molar-refractivity contribution in [1.29, 1.82) is 0 Å². The number of amides is 2. The van der Waals surface area contributed by atoms with Crippen molar-refractivity contribution in [1.82, 2.24) is 10.2 Å². The molecule has 4 unspecified atom stereocenters. The molecule has 0 saturated carbocycles. The number of fused-ring (bicyclic) bond motifs is 1. The summed E-state index contributed by atoms with van der Waals surface area (Å²) in [6.07, 6.45) is 2.42. The smallest absolute Gasteiger partial charge is 0.310 e. The number of nitrogens with one attached hydrogen (secondary N) is 1. The lowest BCUT2D eigenvalue weighted by molar-refractivity contribution is -0.154. The predicted octanol–water partition coefficient (Wildman–Crippen LogP) is 2.34. The second-order valence-electron chi connectivity index (χ2n) is 9.35. The van der Waals surface area contributed by atoms with Gasteiger partial charge in [-0.15, -0.1) is 11.8 Å². The molecular formula is C22H35BrN2O5S. The van der Waals surface area contributed by atoms with E-state index in [1.165, 1.54) is 0 Å². The molecule has 2 bridgehead atoms. The molecule has 9 heteroatoms. The molecule has 2 amide bonds. The highest BCUT2D eigenvalue weighted by Crippen LogP contribution is 2.68. The first-order valence-corrected chi connectivity index (χ1v) is 13.2. The Hall–Kier alpha value is -0.800. The fraction of sp³-hybridized carbons (Fsp3) is 0.864. The molecule has 3 aliphatic rings. The van der Waals surface area contributed by atoms with Gasteiger partial charge >= 0.3 is 5.97 Å². The molecule has 3 fully saturated rings. The summed E-state index contributed by atoms with van der Waals surface area (Å²) in [6.45, 7) is 9.70. The Morgan fingerprint density at radius 3 is 2.58 bits per heavy atom. The van der Waals surface area contributed by atoms with E-state index in [-0.39, 0.29) is 53.0 Å². The largest absolute Gasteiger partial charge is 0.466 e. The summed E-state index contributed by atoms with van der Waals surface area (Å²) in [4.78, 5) is 42.0. The van der Waals surface area contributed by atoms with Crippen LogP contribution in [-0.2, 0) is 19.1 Å². The molecule has 176 valence electrons. The standard InChI is InChI=1S/C22H35BrN2O5S/c1-6-8-12(5)24-19(27)18-22-9-13(23)17(31-22)15(21(29)30-7-2)16(22)20(28)25(18)14(10-26)11(3)4/h11-18,26H,6-10H2,1-5H3,(H,24,27)/t12?,13?,14-,15-,16-,17-,18?,22?/m0/s1. The summed E-state index contributed by atoms with van der Waals surface area (Å²) in [5, 5.41) is 13.1. The summed E-state index contributed by atoms with van der Waals surface area (Å²) in [6, 6.07) is -1.22. The van der Waals surface area contributed by atoms with Gasteiger partial charge in [0.05, 0.1) is 35.8 Å². The van der Waals surface area contributed by atoms with Gasteiger partial charge in [-0.2, -0.15) is 0 Å². The summed E-state index contributed by atoms with van der Waals surface area (Å²) in [5.74, 6) is -1.99. The van der Waals surface area contributed by atoms with Crippen LogP contribution in [0, 0.1) is 17.8 Å². The normalized spacial score (nSPS) is 35.9. The van der Waals surface area contributed by atoms with Gasteiger partial charge in [-0.05, 0) is 32.6 Å². The van der Waals surface area contributed by atoms with Gasteiger partial charge in [0.15, 0.2) is 0 Å². The van der Waals surface area contributed by atoms with Crippen LogP contribution in [0.15, 0.2) is 0 Å². The number of ether oxygens (including phenoxy) is 1. The first kappa shape index (κ1) is 24.8. The number of thioether (sulfide) groups is 1. The van der Waals surface area contributed by atoms with Crippen molar-refractivity contribution < 1.29 is 24.2 Å². The van der Waals surface area contributed by atoms with E-state index in [0.29, 0.717) is 6.42 Å². The number of nitrogens with zero attached hydrogens (tertiary/aromatic N) is 1. The van der Waals surface area contributed by atoms with E-state index in [0.717, 1.165) is 12.8 Å². The monoisotopic (exact) mass is 518 g/mol. The van der Waals surface area contributed by atoms with Crippen LogP contribution in [0.3, 0.4) is 0 Å². The van der Waals surface area contributed by atoms with Gasteiger partial charge in [0, 0.05) is 16.1 Å². The Morgan fingerprint density at radius 2 is 2.03 bits per heavy atom. The first-order valence-electron chi connectivity index (χ1n) is 11.4. The maximum atomic E-state index is 13.8. The number of hydrogen-bond donors (Lipinski definition) is 2. The van der Waals surface area contributed by atoms with Crippen LogP contribution in [-0.4, -0.2) is 74.0 Å². The minimum Gasteiger partial charge on any atom is -0.466 e. The Kier molecular flexibility index (Phi) is 7.69. The van der Waals surface area contributed by atoms with E-state index in [1.807, 2.05) is 20.8 Å². The van der Waals surface area contributed by atoms with Crippen LogP contribution in [0.1, 0.15) is 53.9 Å². The Morgan fingerprint density at radius 1 is 1.35 bits per heavy atom. The van der Waals surface area contributed by atoms with Crippen molar-refractivity contribution in [2.45, 2.75) is 86.8 Å². The minimum atomic E-state index is -0.724. The number of halogens is 1. The molecule has 7 nitrogen and oxygen atoms in total. The Labute approximate surface area is 197 Å². The SMILES string of the molecule is CCCC(C)NC(=O)C1N([C@@H](CO)C(C)C)C(=O)[C@@H]2[C@H](C(=O)OCC)[C@H]3SC12CC3Br. The lowest BCUT2D eigenvalue weighted by Crippen LogP contribution is -2.58. The van der Waals surface area contributed by atoms with Crippen LogP contribution in [0.25, 0.3) is 0 Å². The molecular weight excluding hydrogens is 484 g/mol. The quantitative estimate of drug-likeness (QED) is 0.359. The number of carbonyl (C=O) groups excluding carboxylic acids is 3. The number of alkyl halides is 1. The highest BCUT2D eigenvalue weighted by atomic mass is 79.9. The third kappa shape index (κ3) is 4.03. The number of esters is 1. The second-order valence-corrected chi connectivity index (χ2v) is 12.1. The van der Waals surface area contributed by atoms with Crippen molar-refractivity contribution in [3.8, 4) is 0 Å². The Balaban J connectivity index is 2.06. The van der Waals surface area contributed by atoms with Crippen molar-refractivity contribution in [3.05, 3.63) is 0 Å². The second kappa shape index (κ2) is 9.59. The summed E-state index contributed by atoms with van der Waals surface area (Å²) in [7, 11) is 0. The highest BCUT2D eigenvalue weighted by molar-refractivity contribution is 9.09. The lowest BCUT2D eigenvalue weighted by atomic mass is 9.71. The van der Waals surface area contributed by atoms with E-state index >= 15 is 0 Å². The van der Waals surface area contributed by atoms with Gasteiger partial charge in [0.25, 0.3) is 0 Å². The number of rotatable bonds is 9. The summed E-state index contributed by atoms with van der Waals surface area (Å²) < 4.78 is 4.65. The predicted molar refractivity (Wildman–Crippen MR) is 124 cm³/mol. The molecule has 3 saturated heterocycles. The maximum Gasteiger partial charge on any atom is 0.310 e. The number of likely N-dealkylation sites (tertiary alicyclic amines) is 1. The van der Waals surface area contributed by atoms with E-state index in [9.17, 15) is 19.5 Å². The van der Waals surface area contributed by atoms with Gasteiger partial charge in [-0.25, -0.2) is 0 Å². The fourth-order valence-corrected chi connectivity index (χ4v) is 9.27. The average Bonchev–Trinajstić information content (AvgIpc) is 3.26. The number of hydrogen-bond acceptors (Lipinski definition) is 6. The van der Waals surface area contributed by atoms with Gasteiger partial charge in [-0.3, -0.25) is 14.4 Å². The average molecular weight is 520 g/mol. The van der Waals surface area contributed by atoms with E-state index in [4.69, 9.17) is 4.74 Å². The molecule has 0 aromatic carbocycles. The lowest BCUT2D eigenvalue weighted by Gasteiger charge is -2.39. The molecule has 0 aliphatic carbocycles. The zero-order valence-electron chi connectivity index (χ0n) is 19.0. The first-order chi connectivity index (χ1) is 14.6. The Bertz CT molecular complexity index is 722. The van der Waals surface area contributed by atoms with Gasteiger partial charge < -0.3 is 20.1 Å². The summed E-state index contributed by atoms with van der Waals surface area (Å²) in [5.41, 5.74) is 0. The summed E-state index contributed by atoms with van der Waals surface area (Å²) >= 11 is 5.31. The minimum absolute atomic E-state index is 0.0132. The molecule has 0 aromatic heterocycles. The molecule has 3 aliphatic heterocycles. The van der Waals surface area contributed by atoms with Crippen molar-refractivity contribution in [2.75, 3.05) is 13.2 Å². The van der Waals surface area contributed by atoms with Gasteiger partial charge in [0.2, 0.25) is 11.8 Å². The van der Waals surface area contributed by atoms with E-state index < -0.39 is 28.7 Å². The number of aliphatic hydroxyl groups excluding tert-OH is 1. The maximum absolute atomic E-state index is 13.8. The molecule has 3 heterocycles. The molecule has 2 N–H and O–H groups in total. The van der Waals surface area contributed by atoms with Crippen molar-refractivity contribution >= 4 is 45.5 Å². The highest BCUT2D eigenvalue weighted by Gasteiger charge is 2.76. The third-order valence-electron chi connectivity index (χ3n) is 6.96. The molecule has 8 atom stereocenters. The van der Waals surface area contributed by atoms with Gasteiger partial charge in [-0.1, -0.05) is 43.1 Å².